The number of hydrogen-bond acceptors (Lipinski definition) is 2. The lowest BCUT2D eigenvalue weighted by molar-refractivity contribution is 0.207. The van der Waals surface area contributed by atoms with Crippen molar-refractivity contribution in [3.05, 3.63) is 0 Å². The maximum Gasteiger partial charge on any atom is 0.282 e. The predicted octanol–water partition coefficient (Wildman–Crippen LogP) is 1.81. The van der Waals surface area contributed by atoms with Crippen LogP contribution in [-0.2, 0) is 10.2 Å². The van der Waals surface area contributed by atoms with Gasteiger partial charge in [-0.1, -0.05) is 6.42 Å². The molecule has 2 aliphatic rings. The number of hydrogen-bond donors (Lipinski definition) is 0. The van der Waals surface area contributed by atoms with E-state index in [1.54, 1.807) is 8.61 Å². The Morgan fingerprint density at radius 3 is 2.29 bits per heavy atom. The number of nitrogens with zero attached hydrogens (tertiary/aromatic N) is 2. The van der Waals surface area contributed by atoms with Crippen LogP contribution in [0.25, 0.3) is 0 Å². The number of alkyl halides is 1. The molecule has 100 valence electrons. The van der Waals surface area contributed by atoms with Crippen molar-refractivity contribution in [3.8, 4) is 0 Å². The molecule has 2 rings (SSSR count). The van der Waals surface area contributed by atoms with Crippen molar-refractivity contribution in [2.45, 2.75) is 44.6 Å². The molecule has 0 atom stereocenters. The van der Waals surface area contributed by atoms with E-state index in [2.05, 4.69) is 0 Å². The molecule has 1 saturated carbocycles. The Balaban J connectivity index is 2.06. The molecule has 0 bridgehead atoms. The van der Waals surface area contributed by atoms with Crippen molar-refractivity contribution in [1.29, 1.82) is 0 Å². The Morgan fingerprint density at radius 2 is 1.82 bits per heavy atom. The van der Waals surface area contributed by atoms with E-state index in [9.17, 15) is 8.42 Å². The van der Waals surface area contributed by atoms with Crippen LogP contribution in [0.2, 0.25) is 0 Å². The molecule has 1 saturated heterocycles. The lowest BCUT2D eigenvalue weighted by Gasteiger charge is -2.38. The van der Waals surface area contributed by atoms with Gasteiger partial charge in [0.25, 0.3) is 10.2 Å². The normalized spacial score (nSPS) is 23.2. The molecule has 4 nitrogen and oxygen atoms in total. The van der Waals surface area contributed by atoms with Gasteiger partial charge in [0.15, 0.2) is 0 Å². The molecule has 2 fully saturated rings. The van der Waals surface area contributed by atoms with E-state index in [-0.39, 0.29) is 6.04 Å². The maximum atomic E-state index is 12.5. The molecule has 1 aliphatic heterocycles. The van der Waals surface area contributed by atoms with E-state index in [0.717, 1.165) is 38.5 Å². The topological polar surface area (TPSA) is 40.6 Å². The summed E-state index contributed by atoms with van der Waals surface area (Å²) in [6.07, 6.45) is 5.90. The summed E-state index contributed by atoms with van der Waals surface area (Å²) in [5.41, 5.74) is 0. The molecule has 0 unspecified atom stereocenters. The Hall–Kier alpha value is 0.160. The molecule has 0 aromatic heterocycles. The highest BCUT2D eigenvalue weighted by Crippen LogP contribution is 2.29. The summed E-state index contributed by atoms with van der Waals surface area (Å²) in [6.45, 7) is 1.95. The smallest absolute Gasteiger partial charge is 0.195 e. The van der Waals surface area contributed by atoms with Crippen LogP contribution >= 0.6 is 11.6 Å². The second kappa shape index (κ2) is 5.87. The van der Waals surface area contributed by atoms with Crippen LogP contribution in [0, 0.1) is 0 Å². The highest BCUT2D eigenvalue weighted by atomic mass is 35.5. The van der Waals surface area contributed by atoms with Gasteiger partial charge in [0.1, 0.15) is 0 Å². The van der Waals surface area contributed by atoms with Gasteiger partial charge < -0.3 is 0 Å². The van der Waals surface area contributed by atoms with E-state index in [4.69, 9.17) is 11.6 Å². The Bertz CT molecular complexity index is 337. The van der Waals surface area contributed by atoms with E-state index in [0.29, 0.717) is 25.5 Å². The van der Waals surface area contributed by atoms with Crippen molar-refractivity contribution in [3.63, 3.8) is 0 Å². The first kappa shape index (κ1) is 13.6. The van der Waals surface area contributed by atoms with Gasteiger partial charge in [-0.05, 0) is 32.1 Å². The summed E-state index contributed by atoms with van der Waals surface area (Å²) in [7, 11) is -3.23. The molecular weight excluding hydrogens is 260 g/mol. The average molecular weight is 281 g/mol. The van der Waals surface area contributed by atoms with Crippen LogP contribution in [0.3, 0.4) is 0 Å². The second-order valence-corrected chi connectivity index (χ2v) is 7.11. The predicted molar refractivity (Wildman–Crippen MR) is 69.4 cm³/mol. The van der Waals surface area contributed by atoms with Crippen LogP contribution in [0.15, 0.2) is 0 Å². The molecule has 0 amide bonds. The second-order valence-electron chi connectivity index (χ2n) is 4.85. The number of halogens is 1. The van der Waals surface area contributed by atoms with E-state index in [1.165, 1.54) is 0 Å². The summed E-state index contributed by atoms with van der Waals surface area (Å²) in [6, 6.07) is 0.226. The Kier molecular flexibility index (Phi) is 4.69. The third-order valence-electron chi connectivity index (χ3n) is 3.68. The highest BCUT2D eigenvalue weighted by molar-refractivity contribution is 7.86. The molecule has 0 radical (unpaired) electrons. The minimum Gasteiger partial charge on any atom is -0.195 e. The van der Waals surface area contributed by atoms with Crippen LogP contribution in [0.4, 0.5) is 0 Å². The molecular formula is C11H21ClN2O2S. The first-order valence-corrected chi connectivity index (χ1v) is 8.42. The molecule has 0 aromatic rings. The van der Waals surface area contributed by atoms with Crippen molar-refractivity contribution in [2.24, 2.45) is 0 Å². The zero-order valence-corrected chi connectivity index (χ0v) is 11.7. The van der Waals surface area contributed by atoms with Gasteiger partial charge in [-0.2, -0.15) is 17.0 Å². The van der Waals surface area contributed by atoms with Crippen LogP contribution in [0.1, 0.15) is 38.5 Å². The van der Waals surface area contributed by atoms with Gasteiger partial charge in [0.05, 0.1) is 0 Å². The SMILES string of the molecule is O=S(=O)(N1CCCC1)N(CCCCl)C1CCC1. The first-order valence-electron chi connectivity index (χ1n) is 6.49. The van der Waals surface area contributed by atoms with Crippen molar-refractivity contribution in [2.75, 3.05) is 25.5 Å². The molecule has 17 heavy (non-hydrogen) atoms. The fourth-order valence-electron chi connectivity index (χ4n) is 2.44. The molecule has 0 spiro atoms. The Morgan fingerprint density at radius 1 is 1.18 bits per heavy atom. The summed E-state index contributed by atoms with van der Waals surface area (Å²) in [5.74, 6) is 0.527. The van der Waals surface area contributed by atoms with Gasteiger partial charge in [-0.3, -0.25) is 0 Å². The highest BCUT2D eigenvalue weighted by Gasteiger charge is 2.37. The fourth-order valence-corrected chi connectivity index (χ4v) is 4.53. The van der Waals surface area contributed by atoms with E-state index < -0.39 is 10.2 Å². The maximum absolute atomic E-state index is 12.5. The fraction of sp³-hybridized carbons (Fsp3) is 1.00. The molecule has 0 N–H and O–H groups in total. The summed E-state index contributed by atoms with van der Waals surface area (Å²) in [5, 5.41) is 0. The summed E-state index contributed by atoms with van der Waals surface area (Å²) in [4.78, 5) is 0. The lowest BCUT2D eigenvalue weighted by atomic mass is 9.93. The zero-order valence-electron chi connectivity index (χ0n) is 10.1. The molecule has 1 heterocycles. The lowest BCUT2D eigenvalue weighted by Crippen LogP contribution is -2.50. The summed E-state index contributed by atoms with van der Waals surface area (Å²) < 4.78 is 28.3. The largest absolute Gasteiger partial charge is 0.282 e. The molecule has 1 aliphatic carbocycles. The van der Waals surface area contributed by atoms with Crippen molar-refractivity contribution in [1.82, 2.24) is 8.61 Å². The standard InChI is InChI=1S/C11H21ClN2O2S/c12-7-4-10-14(11-5-3-6-11)17(15,16)13-8-1-2-9-13/h11H,1-10H2. The molecule has 6 heteroatoms. The van der Waals surface area contributed by atoms with Crippen LogP contribution in [-0.4, -0.2) is 48.6 Å². The first-order chi connectivity index (χ1) is 8.16. The number of rotatable bonds is 6. The van der Waals surface area contributed by atoms with Crippen LogP contribution in [0.5, 0.6) is 0 Å². The van der Waals surface area contributed by atoms with Gasteiger partial charge in [0, 0.05) is 31.6 Å². The molecule has 0 aromatic carbocycles. The van der Waals surface area contributed by atoms with E-state index >= 15 is 0 Å². The minimum atomic E-state index is -3.23. The Labute approximate surface area is 109 Å². The van der Waals surface area contributed by atoms with Gasteiger partial charge in [-0.15, -0.1) is 11.6 Å². The van der Waals surface area contributed by atoms with Gasteiger partial charge >= 0.3 is 0 Å². The monoisotopic (exact) mass is 280 g/mol. The minimum absolute atomic E-state index is 0.226. The van der Waals surface area contributed by atoms with Gasteiger partial charge in [-0.25, -0.2) is 0 Å². The van der Waals surface area contributed by atoms with Crippen molar-refractivity contribution < 1.29 is 8.42 Å². The van der Waals surface area contributed by atoms with Gasteiger partial charge in [0.2, 0.25) is 0 Å². The van der Waals surface area contributed by atoms with Crippen molar-refractivity contribution >= 4 is 21.8 Å². The average Bonchev–Trinajstić information content (AvgIpc) is 2.74. The third-order valence-corrected chi connectivity index (χ3v) is 6.04. The summed E-state index contributed by atoms with van der Waals surface area (Å²) >= 11 is 5.69. The van der Waals surface area contributed by atoms with Crippen LogP contribution < -0.4 is 0 Å². The quantitative estimate of drug-likeness (QED) is 0.696. The third kappa shape index (κ3) is 2.95. The zero-order chi connectivity index (χ0) is 12.3. The van der Waals surface area contributed by atoms with E-state index in [1.807, 2.05) is 0 Å².